The fourth-order valence-electron chi connectivity index (χ4n) is 4.39. The van der Waals surface area contributed by atoms with Crippen LogP contribution >= 0.6 is 0 Å². The van der Waals surface area contributed by atoms with Crippen LogP contribution in [0.25, 0.3) is 16.4 Å². The van der Waals surface area contributed by atoms with E-state index in [1.807, 2.05) is 34.9 Å². The molecular weight excluding hydrogens is 314 g/mol. The Kier molecular flexibility index (Phi) is 3.25. The van der Waals surface area contributed by atoms with Gasteiger partial charge in [0.25, 0.3) is 5.91 Å². The Hall–Kier alpha value is -2.53. The van der Waals surface area contributed by atoms with E-state index in [0.717, 1.165) is 23.0 Å². The number of aromatic hydroxyl groups is 1. The van der Waals surface area contributed by atoms with Crippen LogP contribution in [-0.2, 0) is 0 Å². The molecule has 0 saturated carbocycles. The number of fused-ring (bicyclic) bond motifs is 6. The van der Waals surface area contributed by atoms with Gasteiger partial charge in [-0.2, -0.15) is 0 Å². The van der Waals surface area contributed by atoms with Crippen LogP contribution in [0, 0.1) is 5.92 Å². The van der Waals surface area contributed by atoms with E-state index in [1.54, 1.807) is 12.1 Å². The molecule has 0 aliphatic carbocycles. The number of phenolic OH excluding ortho intramolecular Hbond substituents is 1. The van der Waals surface area contributed by atoms with Crippen LogP contribution in [0.2, 0.25) is 0 Å². The molecule has 5 nitrogen and oxygen atoms in total. The van der Waals surface area contributed by atoms with Gasteiger partial charge >= 0.3 is 0 Å². The molecule has 1 amide bonds. The number of phenols is 1. The number of hydrogen-bond acceptors (Lipinski definition) is 3. The molecule has 6 rings (SSSR count). The van der Waals surface area contributed by atoms with Crippen LogP contribution in [0.15, 0.2) is 42.6 Å². The number of aromatic nitrogens is 1. The van der Waals surface area contributed by atoms with Crippen molar-refractivity contribution in [2.24, 2.45) is 5.92 Å². The molecule has 0 spiro atoms. The van der Waals surface area contributed by atoms with Crippen LogP contribution in [-0.4, -0.2) is 46.0 Å². The number of rotatable bonds is 2. The number of nitrogens with one attached hydrogen (secondary N) is 1. The SMILES string of the molecule is O=C(NC1CN2CCC1CC2)c1cc2ccc3cc(O)ccc3n2c1. The van der Waals surface area contributed by atoms with E-state index < -0.39 is 0 Å². The topological polar surface area (TPSA) is 57.0 Å². The normalized spacial score (nSPS) is 25.5. The first-order chi connectivity index (χ1) is 12.2. The highest BCUT2D eigenvalue weighted by molar-refractivity contribution is 5.97. The van der Waals surface area contributed by atoms with Crippen molar-refractivity contribution < 1.29 is 9.90 Å². The minimum atomic E-state index is 0.00868. The first-order valence-corrected chi connectivity index (χ1v) is 8.94. The fraction of sp³-hybridized carbons (Fsp3) is 0.350. The van der Waals surface area contributed by atoms with Gasteiger partial charge in [-0.15, -0.1) is 0 Å². The van der Waals surface area contributed by atoms with Gasteiger partial charge in [-0.25, -0.2) is 0 Å². The molecule has 1 atom stereocenters. The zero-order valence-corrected chi connectivity index (χ0v) is 14.0. The third-order valence-electron chi connectivity index (χ3n) is 5.79. The smallest absolute Gasteiger partial charge is 0.253 e. The summed E-state index contributed by atoms with van der Waals surface area (Å²) in [6.07, 6.45) is 4.28. The monoisotopic (exact) mass is 335 g/mol. The van der Waals surface area contributed by atoms with Crippen molar-refractivity contribution in [1.82, 2.24) is 14.6 Å². The van der Waals surface area contributed by atoms with Crippen molar-refractivity contribution in [1.29, 1.82) is 0 Å². The van der Waals surface area contributed by atoms with Gasteiger partial charge in [-0.3, -0.25) is 4.79 Å². The molecule has 0 radical (unpaired) electrons. The average Bonchev–Trinajstić information content (AvgIpc) is 3.07. The number of carbonyl (C=O) groups excluding carboxylic acids is 1. The van der Waals surface area contributed by atoms with Gasteiger partial charge in [0.2, 0.25) is 0 Å². The highest BCUT2D eigenvalue weighted by Gasteiger charge is 2.35. The van der Waals surface area contributed by atoms with Crippen molar-refractivity contribution in [3.8, 4) is 5.75 Å². The molecule has 2 aromatic heterocycles. The summed E-state index contributed by atoms with van der Waals surface area (Å²) in [6.45, 7) is 3.32. The van der Waals surface area contributed by atoms with E-state index in [1.165, 1.54) is 25.9 Å². The fourth-order valence-corrected chi connectivity index (χ4v) is 4.39. The third kappa shape index (κ3) is 2.46. The van der Waals surface area contributed by atoms with Gasteiger partial charge in [0.15, 0.2) is 0 Å². The zero-order chi connectivity index (χ0) is 17.0. The lowest BCUT2D eigenvalue weighted by Gasteiger charge is -2.44. The summed E-state index contributed by atoms with van der Waals surface area (Å²) in [5.41, 5.74) is 2.66. The molecule has 25 heavy (non-hydrogen) atoms. The lowest BCUT2D eigenvalue weighted by molar-refractivity contribution is 0.0620. The van der Waals surface area contributed by atoms with Crippen LogP contribution in [0.1, 0.15) is 23.2 Å². The molecule has 3 saturated heterocycles. The second-order valence-electron chi connectivity index (χ2n) is 7.32. The second kappa shape index (κ2) is 5.49. The summed E-state index contributed by atoms with van der Waals surface area (Å²) in [5, 5.41) is 13.9. The molecule has 2 N–H and O–H groups in total. The molecule has 5 heterocycles. The van der Waals surface area contributed by atoms with Crippen molar-refractivity contribution in [3.05, 3.63) is 48.2 Å². The van der Waals surface area contributed by atoms with Gasteiger partial charge in [0, 0.05) is 29.7 Å². The lowest BCUT2D eigenvalue weighted by Crippen LogP contribution is -2.57. The highest BCUT2D eigenvalue weighted by Crippen LogP contribution is 2.28. The molecular formula is C20H21N3O2. The van der Waals surface area contributed by atoms with E-state index >= 15 is 0 Å². The number of hydrogen-bond donors (Lipinski definition) is 2. The van der Waals surface area contributed by atoms with E-state index in [-0.39, 0.29) is 17.7 Å². The third-order valence-corrected chi connectivity index (χ3v) is 5.79. The Morgan fingerprint density at radius 2 is 1.96 bits per heavy atom. The largest absolute Gasteiger partial charge is 0.508 e. The van der Waals surface area contributed by atoms with Crippen molar-refractivity contribution in [2.75, 3.05) is 19.6 Å². The van der Waals surface area contributed by atoms with Crippen LogP contribution in [0.4, 0.5) is 0 Å². The first-order valence-electron chi connectivity index (χ1n) is 8.94. The number of piperidine rings is 3. The summed E-state index contributed by atoms with van der Waals surface area (Å²) in [4.78, 5) is 15.2. The van der Waals surface area contributed by atoms with Crippen LogP contribution < -0.4 is 5.32 Å². The number of carbonyl (C=O) groups is 1. The summed E-state index contributed by atoms with van der Waals surface area (Å²) in [5.74, 6) is 0.878. The first kappa shape index (κ1) is 14.8. The van der Waals surface area contributed by atoms with E-state index in [9.17, 15) is 9.90 Å². The van der Waals surface area contributed by atoms with Crippen molar-refractivity contribution in [3.63, 3.8) is 0 Å². The van der Waals surface area contributed by atoms with Gasteiger partial charge in [0.05, 0.1) is 11.1 Å². The maximum absolute atomic E-state index is 12.8. The maximum Gasteiger partial charge on any atom is 0.253 e. The van der Waals surface area contributed by atoms with Crippen molar-refractivity contribution in [2.45, 2.75) is 18.9 Å². The molecule has 3 fully saturated rings. The summed E-state index contributed by atoms with van der Waals surface area (Å²) >= 11 is 0. The lowest BCUT2D eigenvalue weighted by atomic mass is 9.84. The highest BCUT2D eigenvalue weighted by atomic mass is 16.3. The molecule has 3 aliphatic rings. The number of pyridine rings is 1. The predicted octanol–water partition coefficient (Wildman–Crippen LogP) is 2.62. The molecule has 1 aromatic carbocycles. The Morgan fingerprint density at radius 3 is 2.72 bits per heavy atom. The Labute approximate surface area is 145 Å². The number of amides is 1. The molecule has 128 valence electrons. The second-order valence-corrected chi connectivity index (χ2v) is 7.32. The minimum Gasteiger partial charge on any atom is -0.508 e. The molecule has 3 aromatic rings. The molecule has 2 bridgehead atoms. The Balaban J connectivity index is 1.46. The molecule has 3 aliphatic heterocycles. The van der Waals surface area contributed by atoms with E-state index in [4.69, 9.17) is 0 Å². The van der Waals surface area contributed by atoms with Gasteiger partial charge < -0.3 is 19.7 Å². The number of nitrogens with zero attached hydrogens (tertiary/aromatic N) is 2. The van der Waals surface area contributed by atoms with E-state index in [0.29, 0.717) is 11.5 Å². The standard InChI is InChI=1S/C20H21N3O2/c24-17-3-4-19-14(10-17)1-2-16-9-15(11-23(16)19)20(25)21-18-12-22-7-5-13(18)6-8-22/h1-4,9-11,13,18,24H,5-8,12H2,(H,21,25). The number of benzene rings is 1. The summed E-state index contributed by atoms with van der Waals surface area (Å²) in [6, 6.07) is 11.4. The zero-order valence-electron chi connectivity index (χ0n) is 14.0. The van der Waals surface area contributed by atoms with E-state index in [2.05, 4.69) is 10.2 Å². The molecule has 1 unspecified atom stereocenters. The van der Waals surface area contributed by atoms with Crippen LogP contribution in [0.3, 0.4) is 0 Å². The summed E-state index contributed by atoms with van der Waals surface area (Å²) in [7, 11) is 0. The maximum atomic E-state index is 12.8. The predicted molar refractivity (Wildman–Crippen MR) is 97.0 cm³/mol. The van der Waals surface area contributed by atoms with Gasteiger partial charge in [0.1, 0.15) is 5.75 Å². The quantitative estimate of drug-likeness (QED) is 0.757. The average molecular weight is 335 g/mol. The molecule has 5 heteroatoms. The summed E-state index contributed by atoms with van der Waals surface area (Å²) < 4.78 is 2.01. The van der Waals surface area contributed by atoms with Crippen molar-refractivity contribution >= 4 is 22.3 Å². The van der Waals surface area contributed by atoms with Crippen LogP contribution in [0.5, 0.6) is 5.75 Å². The minimum absolute atomic E-state index is 0.00868. The van der Waals surface area contributed by atoms with Gasteiger partial charge in [-0.1, -0.05) is 6.07 Å². The van der Waals surface area contributed by atoms with Gasteiger partial charge in [-0.05, 0) is 62.2 Å². The Bertz CT molecular complexity index is 970. The Morgan fingerprint density at radius 1 is 1.12 bits per heavy atom.